The third-order valence-electron chi connectivity index (χ3n) is 7.04. The minimum Gasteiger partial charge on any atom is -0.438 e. The number of pyridine rings is 1. The fourth-order valence-electron chi connectivity index (χ4n) is 4.62. The van der Waals surface area contributed by atoms with Crippen LogP contribution in [0.2, 0.25) is 0 Å². The summed E-state index contributed by atoms with van der Waals surface area (Å²) >= 11 is 0. The van der Waals surface area contributed by atoms with Crippen molar-refractivity contribution in [3.05, 3.63) is 77.8 Å². The molecule has 1 amide bonds. The highest BCUT2D eigenvalue weighted by molar-refractivity contribution is 5.96. The minimum atomic E-state index is -5.82. The number of benzene rings is 1. The molecule has 0 fully saturated rings. The number of hydrogen-bond acceptors (Lipinski definition) is 9. The molecule has 1 atom stereocenters. The molecule has 2 aromatic heterocycles. The van der Waals surface area contributed by atoms with E-state index in [1.54, 1.807) is 31.1 Å². The second-order valence-electron chi connectivity index (χ2n) is 10.7. The van der Waals surface area contributed by atoms with Gasteiger partial charge in [-0.3, -0.25) is 4.79 Å². The van der Waals surface area contributed by atoms with Crippen molar-refractivity contribution in [1.82, 2.24) is 35.1 Å². The number of carbonyl (C=O) groups excluding carboxylic acids is 1. The lowest BCUT2D eigenvalue weighted by Gasteiger charge is -2.33. The summed E-state index contributed by atoms with van der Waals surface area (Å²) in [6.45, 7) is 1.08. The highest BCUT2D eigenvalue weighted by Crippen LogP contribution is 2.45. The maximum Gasteiger partial charge on any atom is 0.453 e. The average molecular weight is 651 g/mol. The molecule has 2 heterocycles. The quantitative estimate of drug-likeness (QED) is 0.246. The van der Waals surface area contributed by atoms with Crippen molar-refractivity contribution in [1.29, 1.82) is 0 Å². The van der Waals surface area contributed by atoms with Crippen molar-refractivity contribution in [2.24, 2.45) is 5.92 Å². The molecule has 10 nitrogen and oxygen atoms in total. The SMILES string of the molecule is CNc1ncnc(-c2cccnc2Oc2ccc(F)c(C(=O)NC3=C(N(C)CCCN(C)C)C=CC(C(F)(F)C(F)(F)F)C3)c2)n1. The molecule has 3 aromatic rings. The Morgan fingerprint density at radius 3 is 2.52 bits per heavy atom. The summed E-state index contributed by atoms with van der Waals surface area (Å²) in [4.78, 5) is 33.5. The van der Waals surface area contributed by atoms with Gasteiger partial charge in [0.15, 0.2) is 5.82 Å². The van der Waals surface area contributed by atoms with Crippen LogP contribution in [0.25, 0.3) is 11.4 Å². The second kappa shape index (κ2) is 14.1. The number of aromatic nitrogens is 4. The van der Waals surface area contributed by atoms with Gasteiger partial charge in [0.1, 0.15) is 17.9 Å². The number of ether oxygens (including phenoxy) is 1. The molecule has 0 bridgehead atoms. The Hall–Kier alpha value is -4.73. The van der Waals surface area contributed by atoms with E-state index < -0.39 is 41.7 Å². The van der Waals surface area contributed by atoms with Crippen LogP contribution in [0.15, 0.2) is 66.4 Å². The minimum absolute atomic E-state index is 0.0191. The maximum atomic E-state index is 15.0. The van der Waals surface area contributed by atoms with Crippen LogP contribution in [-0.4, -0.2) is 89.0 Å². The summed E-state index contributed by atoms with van der Waals surface area (Å²) in [6.07, 6.45) is -1.41. The number of hydrogen-bond donors (Lipinski definition) is 2. The predicted molar refractivity (Wildman–Crippen MR) is 158 cm³/mol. The number of halogens is 6. The smallest absolute Gasteiger partial charge is 0.438 e. The molecule has 0 saturated heterocycles. The second-order valence-corrected chi connectivity index (χ2v) is 10.7. The van der Waals surface area contributed by atoms with Crippen LogP contribution in [0.4, 0.5) is 32.3 Å². The van der Waals surface area contributed by atoms with Gasteiger partial charge in [-0.15, -0.1) is 0 Å². The lowest BCUT2D eigenvalue weighted by Crippen LogP contribution is -2.45. The van der Waals surface area contributed by atoms with Crippen LogP contribution in [0, 0.1) is 11.7 Å². The maximum absolute atomic E-state index is 15.0. The number of alkyl halides is 5. The number of carbonyl (C=O) groups is 1. The van der Waals surface area contributed by atoms with Crippen molar-refractivity contribution >= 4 is 11.9 Å². The molecule has 4 rings (SSSR count). The van der Waals surface area contributed by atoms with Crippen LogP contribution in [-0.2, 0) is 0 Å². The van der Waals surface area contributed by atoms with Crippen molar-refractivity contribution in [3.8, 4) is 23.0 Å². The summed E-state index contributed by atoms with van der Waals surface area (Å²) in [5, 5.41) is 5.18. The van der Waals surface area contributed by atoms with E-state index in [-0.39, 0.29) is 34.8 Å². The molecule has 0 radical (unpaired) electrons. The van der Waals surface area contributed by atoms with E-state index in [0.717, 1.165) is 24.3 Å². The van der Waals surface area contributed by atoms with Gasteiger partial charge < -0.3 is 25.2 Å². The van der Waals surface area contributed by atoms with Gasteiger partial charge in [0.25, 0.3) is 5.91 Å². The zero-order valence-electron chi connectivity index (χ0n) is 25.4. The first-order valence-electron chi connectivity index (χ1n) is 14.0. The summed E-state index contributed by atoms with van der Waals surface area (Å²) in [5.41, 5.74) is -0.162. The third kappa shape index (κ3) is 7.91. The van der Waals surface area contributed by atoms with E-state index in [2.05, 4.69) is 30.6 Å². The van der Waals surface area contributed by atoms with Gasteiger partial charge in [-0.1, -0.05) is 6.08 Å². The Kier molecular flexibility index (Phi) is 10.5. The molecule has 16 heteroatoms. The van der Waals surface area contributed by atoms with Gasteiger partial charge >= 0.3 is 12.1 Å². The number of rotatable bonds is 12. The highest BCUT2D eigenvalue weighted by atomic mass is 19.4. The van der Waals surface area contributed by atoms with E-state index in [0.29, 0.717) is 25.1 Å². The first-order valence-corrected chi connectivity index (χ1v) is 14.0. The molecule has 1 aromatic carbocycles. The lowest BCUT2D eigenvalue weighted by molar-refractivity contribution is -0.296. The summed E-state index contributed by atoms with van der Waals surface area (Å²) in [7, 11) is 6.97. The Balaban J connectivity index is 1.63. The first kappa shape index (κ1) is 34.1. The van der Waals surface area contributed by atoms with Gasteiger partial charge in [-0.05, 0) is 63.5 Å². The summed E-state index contributed by atoms with van der Waals surface area (Å²) in [5.74, 6) is -8.91. The molecule has 246 valence electrons. The van der Waals surface area contributed by atoms with Crippen LogP contribution in [0.5, 0.6) is 11.6 Å². The number of nitrogens with one attached hydrogen (secondary N) is 2. The van der Waals surface area contributed by atoms with Crippen LogP contribution < -0.4 is 15.4 Å². The number of anilines is 1. The van der Waals surface area contributed by atoms with Crippen LogP contribution in [0.3, 0.4) is 0 Å². The Morgan fingerprint density at radius 1 is 1.07 bits per heavy atom. The first-order chi connectivity index (χ1) is 21.7. The Labute approximate surface area is 261 Å². The topological polar surface area (TPSA) is 108 Å². The summed E-state index contributed by atoms with van der Waals surface area (Å²) < 4.78 is 89.3. The van der Waals surface area contributed by atoms with E-state index in [9.17, 15) is 31.1 Å². The molecule has 46 heavy (non-hydrogen) atoms. The lowest BCUT2D eigenvalue weighted by atomic mass is 9.89. The standard InChI is InChI=1S/C30H32F6N8O2/c1-37-28-40-17-39-25(42-28)20-7-5-12-38-27(20)46-19-9-10-22(31)21(16-19)26(45)41-23-15-18(29(32,33)30(34,35)36)8-11-24(23)44(4)14-6-13-43(2)3/h5,7-12,16-18H,6,13-15H2,1-4H3,(H,41,45)(H,37,39,40,42). The molecular weight excluding hydrogens is 618 g/mol. The average Bonchev–Trinajstić information content (AvgIpc) is 3.01. The largest absolute Gasteiger partial charge is 0.453 e. The number of amides is 1. The third-order valence-corrected chi connectivity index (χ3v) is 7.04. The molecule has 0 saturated carbocycles. The molecule has 2 N–H and O–H groups in total. The molecule has 1 aliphatic carbocycles. The van der Waals surface area contributed by atoms with Crippen LogP contribution >= 0.6 is 0 Å². The van der Waals surface area contributed by atoms with E-state index in [4.69, 9.17) is 4.74 Å². The molecule has 1 unspecified atom stereocenters. The van der Waals surface area contributed by atoms with Crippen molar-refractivity contribution in [2.45, 2.75) is 24.9 Å². The van der Waals surface area contributed by atoms with E-state index >= 15 is 0 Å². The fourth-order valence-corrected chi connectivity index (χ4v) is 4.62. The fraction of sp³-hybridized carbons (Fsp3) is 0.367. The zero-order valence-corrected chi connectivity index (χ0v) is 25.4. The molecule has 1 aliphatic rings. The summed E-state index contributed by atoms with van der Waals surface area (Å²) in [6, 6.07) is 6.51. The Morgan fingerprint density at radius 2 is 1.83 bits per heavy atom. The van der Waals surface area contributed by atoms with Crippen molar-refractivity contribution < 1.29 is 35.9 Å². The monoisotopic (exact) mass is 650 g/mol. The predicted octanol–water partition coefficient (Wildman–Crippen LogP) is 5.51. The molecule has 0 spiro atoms. The number of likely N-dealkylation sites (N-methyl/N-ethyl adjacent to an activating group) is 1. The van der Waals surface area contributed by atoms with Gasteiger partial charge in [0, 0.05) is 39.0 Å². The highest BCUT2D eigenvalue weighted by Gasteiger charge is 2.61. The zero-order chi connectivity index (χ0) is 33.6. The van der Waals surface area contributed by atoms with Gasteiger partial charge in [-0.25, -0.2) is 19.3 Å². The van der Waals surface area contributed by atoms with Crippen molar-refractivity contribution in [2.75, 3.05) is 46.6 Å². The van der Waals surface area contributed by atoms with Crippen molar-refractivity contribution in [3.63, 3.8) is 0 Å². The van der Waals surface area contributed by atoms with Gasteiger partial charge in [0.05, 0.1) is 22.7 Å². The van der Waals surface area contributed by atoms with E-state index in [1.807, 2.05) is 19.0 Å². The number of nitrogens with zero attached hydrogens (tertiary/aromatic N) is 6. The molecule has 0 aliphatic heterocycles. The van der Waals surface area contributed by atoms with Gasteiger partial charge in [-0.2, -0.15) is 26.9 Å². The van der Waals surface area contributed by atoms with Crippen LogP contribution in [0.1, 0.15) is 23.2 Å². The number of allylic oxidation sites excluding steroid dienone is 3. The van der Waals surface area contributed by atoms with Gasteiger partial charge in [0.2, 0.25) is 11.8 Å². The molecular formula is C30H32F6N8O2. The normalized spacial score (nSPS) is 15.2. The van der Waals surface area contributed by atoms with E-state index in [1.165, 1.54) is 18.6 Å². The Bertz CT molecular complexity index is 1610.